The third-order valence-electron chi connectivity index (χ3n) is 5.41. The molecule has 3 aromatic rings. The van der Waals surface area contributed by atoms with Crippen LogP contribution in [0.4, 0.5) is 11.4 Å². The number of methoxy groups -OCH3 is 2. The van der Waals surface area contributed by atoms with Crippen molar-refractivity contribution in [3.63, 3.8) is 0 Å². The molecular weight excluding hydrogens is 478 g/mol. The summed E-state index contributed by atoms with van der Waals surface area (Å²) in [4.78, 5) is 32.1. The molecule has 0 aliphatic carbocycles. The molecule has 1 heterocycles. The van der Waals surface area contributed by atoms with Crippen molar-refractivity contribution >= 4 is 40.1 Å². The molecule has 0 aromatic heterocycles. The lowest BCUT2D eigenvalue weighted by atomic mass is 10.2. The second-order valence-corrected chi connectivity index (χ2v) is 8.99. The molecule has 0 spiro atoms. The summed E-state index contributed by atoms with van der Waals surface area (Å²) in [6.45, 7) is 2.31. The van der Waals surface area contributed by atoms with Gasteiger partial charge in [0.25, 0.3) is 0 Å². The van der Waals surface area contributed by atoms with E-state index in [-0.39, 0.29) is 18.2 Å². The van der Waals surface area contributed by atoms with Crippen LogP contribution in [0.2, 0.25) is 0 Å². The number of hydrogen-bond acceptors (Lipinski definition) is 7. The summed E-state index contributed by atoms with van der Waals surface area (Å²) in [5.41, 5.74) is 1.14. The number of thioether (sulfide) groups is 1. The molecule has 8 nitrogen and oxygen atoms in total. The maximum absolute atomic E-state index is 13.0. The molecule has 1 unspecified atom stereocenters. The van der Waals surface area contributed by atoms with E-state index in [0.717, 1.165) is 0 Å². The van der Waals surface area contributed by atoms with E-state index in [9.17, 15) is 9.59 Å². The maximum Gasteiger partial charge on any atom is 0.242 e. The number of nitrogens with zero attached hydrogens (tertiary/aromatic N) is 2. The molecule has 0 radical (unpaired) electrons. The predicted molar refractivity (Wildman–Crippen MR) is 142 cm³/mol. The third kappa shape index (κ3) is 5.98. The number of para-hydroxylation sites is 1. The number of nitrogens with one attached hydrogen (secondary N) is 1. The second kappa shape index (κ2) is 11.6. The Labute approximate surface area is 214 Å². The molecule has 1 atom stereocenters. The highest BCUT2D eigenvalue weighted by Crippen LogP contribution is 2.36. The van der Waals surface area contributed by atoms with Crippen molar-refractivity contribution in [2.75, 3.05) is 26.1 Å². The molecule has 1 saturated heterocycles. The number of amidine groups is 1. The van der Waals surface area contributed by atoms with Crippen LogP contribution < -0.4 is 19.5 Å². The highest BCUT2D eigenvalue weighted by atomic mass is 32.2. The van der Waals surface area contributed by atoms with Gasteiger partial charge in [-0.25, -0.2) is 4.99 Å². The van der Waals surface area contributed by atoms with Crippen LogP contribution in [0.3, 0.4) is 0 Å². The Morgan fingerprint density at radius 3 is 2.47 bits per heavy atom. The largest absolute Gasteiger partial charge is 0.497 e. The van der Waals surface area contributed by atoms with Crippen LogP contribution in [0, 0.1) is 0 Å². The van der Waals surface area contributed by atoms with Crippen LogP contribution in [0.25, 0.3) is 0 Å². The number of aliphatic imine (C=N–C) groups is 1. The average Bonchev–Trinajstić information content (AvgIpc) is 3.17. The number of ether oxygens (including phenoxy) is 3. The molecule has 9 heteroatoms. The monoisotopic (exact) mass is 505 g/mol. The minimum absolute atomic E-state index is 0.0119. The van der Waals surface area contributed by atoms with Crippen LogP contribution in [0.15, 0.2) is 77.8 Å². The second-order valence-electron chi connectivity index (χ2n) is 7.82. The Balaban J connectivity index is 1.45. The van der Waals surface area contributed by atoms with Crippen LogP contribution in [-0.4, -0.2) is 47.9 Å². The van der Waals surface area contributed by atoms with Gasteiger partial charge in [-0.2, -0.15) is 0 Å². The van der Waals surface area contributed by atoms with Gasteiger partial charge in [-0.05, 0) is 43.3 Å². The number of carbonyl (C=O) groups excluding carboxylic acids is 2. The number of amides is 2. The molecule has 2 amide bonds. The van der Waals surface area contributed by atoms with Crippen molar-refractivity contribution in [2.24, 2.45) is 4.99 Å². The molecule has 1 fully saturated rings. The molecule has 0 bridgehead atoms. The van der Waals surface area contributed by atoms with Gasteiger partial charge in [0.2, 0.25) is 11.8 Å². The van der Waals surface area contributed by atoms with Gasteiger partial charge in [0, 0.05) is 30.8 Å². The lowest BCUT2D eigenvalue weighted by Gasteiger charge is -2.14. The standard InChI is InChI=1S/C27H27N3O5S/c1-4-30-26(32)24(36-27(30)29-22-16-20(33-2)13-14-23(22)34-3)17-25(31)28-18-9-8-12-21(15-18)35-19-10-6-5-7-11-19/h5-16,24H,4,17H2,1-3H3,(H,28,31). The Morgan fingerprint density at radius 2 is 1.75 bits per heavy atom. The van der Waals surface area contributed by atoms with Gasteiger partial charge in [0.1, 0.15) is 33.9 Å². The van der Waals surface area contributed by atoms with Crippen LogP contribution in [-0.2, 0) is 9.59 Å². The summed E-state index contributed by atoms with van der Waals surface area (Å²) in [5, 5.41) is 2.81. The number of rotatable bonds is 9. The third-order valence-corrected chi connectivity index (χ3v) is 6.58. The molecule has 186 valence electrons. The van der Waals surface area contributed by atoms with Gasteiger partial charge in [0.05, 0.1) is 14.2 Å². The van der Waals surface area contributed by atoms with Crippen LogP contribution in [0.5, 0.6) is 23.0 Å². The number of benzene rings is 3. The van der Waals surface area contributed by atoms with Crippen LogP contribution >= 0.6 is 11.8 Å². The Hall–Kier alpha value is -3.98. The van der Waals surface area contributed by atoms with Gasteiger partial charge in [0.15, 0.2) is 5.17 Å². The normalized spacial score (nSPS) is 16.2. The number of hydrogen-bond donors (Lipinski definition) is 1. The quantitative estimate of drug-likeness (QED) is 0.414. The van der Waals surface area contributed by atoms with E-state index in [4.69, 9.17) is 14.2 Å². The highest BCUT2D eigenvalue weighted by molar-refractivity contribution is 8.15. The van der Waals surface area contributed by atoms with Crippen molar-refractivity contribution < 1.29 is 23.8 Å². The molecular formula is C27H27N3O5S. The van der Waals surface area contributed by atoms with Gasteiger partial charge in [-0.1, -0.05) is 36.0 Å². The fraction of sp³-hybridized carbons (Fsp3) is 0.222. The van der Waals surface area contributed by atoms with E-state index in [0.29, 0.717) is 46.1 Å². The van der Waals surface area contributed by atoms with Gasteiger partial charge < -0.3 is 19.5 Å². The number of carbonyl (C=O) groups is 2. The fourth-order valence-corrected chi connectivity index (χ4v) is 4.86. The smallest absolute Gasteiger partial charge is 0.242 e. The summed E-state index contributed by atoms with van der Waals surface area (Å²) < 4.78 is 16.5. The molecule has 36 heavy (non-hydrogen) atoms. The Kier molecular flexibility index (Phi) is 8.12. The van der Waals surface area contributed by atoms with E-state index in [1.54, 1.807) is 55.5 Å². The summed E-state index contributed by atoms with van der Waals surface area (Å²) in [6, 6.07) is 21.8. The van der Waals surface area contributed by atoms with Crippen molar-refractivity contribution in [3.8, 4) is 23.0 Å². The SMILES string of the molecule is CCN1C(=O)C(CC(=O)Nc2cccc(Oc3ccccc3)c2)SC1=Nc1cc(OC)ccc1OC. The molecule has 4 rings (SSSR count). The number of anilines is 1. The zero-order valence-corrected chi connectivity index (χ0v) is 21.1. The zero-order chi connectivity index (χ0) is 25.5. The molecule has 1 N–H and O–H groups in total. The Morgan fingerprint density at radius 1 is 0.972 bits per heavy atom. The first-order valence-electron chi connectivity index (χ1n) is 11.4. The first kappa shape index (κ1) is 25.1. The highest BCUT2D eigenvalue weighted by Gasteiger charge is 2.38. The average molecular weight is 506 g/mol. The minimum atomic E-state index is -0.580. The molecule has 3 aromatic carbocycles. The first-order valence-corrected chi connectivity index (χ1v) is 12.3. The van der Waals surface area contributed by atoms with Gasteiger partial charge in [-0.15, -0.1) is 0 Å². The van der Waals surface area contributed by atoms with Crippen molar-refractivity contribution in [1.29, 1.82) is 0 Å². The topological polar surface area (TPSA) is 89.5 Å². The summed E-state index contributed by atoms with van der Waals surface area (Å²) in [7, 11) is 3.13. The summed E-state index contributed by atoms with van der Waals surface area (Å²) >= 11 is 1.27. The van der Waals surface area contributed by atoms with Crippen molar-refractivity contribution in [3.05, 3.63) is 72.8 Å². The minimum Gasteiger partial charge on any atom is -0.497 e. The van der Waals surface area contributed by atoms with Gasteiger partial charge in [-0.3, -0.25) is 14.5 Å². The lowest BCUT2D eigenvalue weighted by molar-refractivity contribution is -0.128. The van der Waals surface area contributed by atoms with E-state index in [1.807, 2.05) is 43.3 Å². The van der Waals surface area contributed by atoms with E-state index in [2.05, 4.69) is 10.3 Å². The predicted octanol–water partition coefficient (Wildman–Crippen LogP) is 5.48. The molecule has 1 aliphatic heterocycles. The zero-order valence-electron chi connectivity index (χ0n) is 20.3. The van der Waals surface area contributed by atoms with Crippen molar-refractivity contribution in [2.45, 2.75) is 18.6 Å². The van der Waals surface area contributed by atoms with Crippen molar-refractivity contribution in [1.82, 2.24) is 4.90 Å². The summed E-state index contributed by atoms with van der Waals surface area (Å²) in [6.07, 6.45) is 0.0119. The van der Waals surface area contributed by atoms with E-state index >= 15 is 0 Å². The van der Waals surface area contributed by atoms with E-state index in [1.165, 1.54) is 11.8 Å². The Bertz CT molecular complexity index is 1270. The lowest BCUT2D eigenvalue weighted by Crippen LogP contribution is -2.33. The fourth-order valence-electron chi connectivity index (χ4n) is 3.65. The molecule has 1 aliphatic rings. The summed E-state index contributed by atoms with van der Waals surface area (Å²) in [5.74, 6) is 2.07. The molecule has 0 saturated carbocycles. The maximum atomic E-state index is 13.0. The van der Waals surface area contributed by atoms with Gasteiger partial charge >= 0.3 is 0 Å². The van der Waals surface area contributed by atoms with Crippen LogP contribution in [0.1, 0.15) is 13.3 Å². The first-order chi connectivity index (χ1) is 17.5. The van der Waals surface area contributed by atoms with E-state index < -0.39 is 5.25 Å².